The van der Waals surface area contributed by atoms with Gasteiger partial charge in [-0.2, -0.15) is 0 Å². The van der Waals surface area contributed by atoms with E-state index in [4.69, 9.17) is 21.1 Å². The molecule has 5 nitrogen and oxygen atoms in total. The number of hydrogen-bond donors (Lipinski definition) is 1. The standard InChI is InChI=1S/C24H20BrN3O2S/c1-15-7-8-17(18(25)13-15)20-9-10-21(30-20)23-22(19-6-2-3-11-26-19)27-24(31)28(23)14-16-5-4-12-29-16/h2-13,22-23H,14H2,1H3,(H,27,31)/t22-,23+/m0/s1. The van der Waals surface area contributed by atoms with Gasteiger partial charge >= 0.3 is 0 Å². The second-order valence-corrected chi connectivity index (χ2v) is 8.76. The number of aryl methyl sites for hydroxylation is 1. The van der Waals surface area contributed by atoms with Crippen LogP contribution in [0.15, 0.2) is 86.4 Å². The van der Waals surface area contributed by atoms with E-state index in [-0.39, 0.29) is 12.1 Å². The summed E-state index contributed by atoms with van der Waals surface area (Å²) in [5, 5.41) is 4.08. The third-order valence-electron chi connectivity index (χ3n) is 5.41. The van der Waals surface area contributed by atoms with Crippen LogP contribution in [0.3, 0.4) is 0 Å². The third kappa shape index (κ3) is 3.91. The number of aromatic nitrogens is 1. The van der Waals surface area contributed by atoms with Gasteiger partial charge in [0.1, 0.15) is 23.3 Å². The molecule has 0 unspecified atom stereocenters. The zero-order valence-corrected chi connectivity index (χ0v) is 19.2. The fraction of sp³-hybridized carbons (Fsp3) is 0.167. The first-order chi connectivity index (χ1) is 15.1. The Bertz CT molecular complexity index is 1210. The summed E-state index contributed by atoms with van der Waals surface area (Å²) in [6.07, 6.45) is 3.47. The van der Waals surface area contributed by atoms with Crippen molar-refractivity contribution >= 4 is 33.3 Å². The molecule has 0 spiro atoms. The van der Waals surface area contributed by atoms with Gasteiger partial charge in [-0.1, -0.05) is 28.1 Å². The van der Waals surface area contributed by atoms with Crippen molar-refractivity contribution in [1.82, 2.24) is 15.2 Å². The maximum absolute atomic E-state index is 6.39. The zero-order valence-electron chi connectivity index (χ0n) is 16.8. The van der Waals surface area contributed by atoms with Crippen molar-refractivity contribution in [1.29, 1.82) is 0 Å². The lowest BCUT2D eigenvalue weighted by atomic mass is 10.0. The fourth-order valence-corrected chi connectivity index (χ4v) is 4.93. The number of hydrogen-bond acceptors (Lipinski definition) is 4. The van der Waals surface area contributed by atoms with Gasteiger partial charge in [-0.05, 0) is 73.2 Å². The molecule has 0 saturated carbocycles. The molecule has 0 bridgehead atoms. The lowest BCUT2D eigenvalue weighted by Gasteiger charge is -2.25. The van der Waals surface area contributed by atoms with E-state index in [1.807, 2.05) is 42.5 Å². The van der Waals surface area contributed by atoms with Crippen LogP contribution in [0.5, 0.6) is 0 Å². The van der Waals surface area contributed by atoms with Crippen molar-refractivity contribution in [2.75, 3.05) is 0 Å². The Morgan fingerprint density at radius 3 is 2.77 bits per heavy atom. The normalized spacial score (nSPS) is 18.4. The minimum Gasteiger partial charge on any atom is -0.467 e. The Morgan fingerprint density at radius 2 is 2.03 bits per heavy atom. The predicted molar refractivity (Wildman–Crippen MR) is 126 cm³/mol. The number of halogens is 1. The van der Waals surface area contributed by atoms with Crippen LogP contribution in [-0.2, 0) is 6.54 Å². The molecule has 31 heavy (non-hydrogen) atoms. The molecule has 0 amide bonds. The first kappa shape index (κ1) is 20.0. The molecule has 1 aliphatic rings. The van der Waals surface area contributed by atoms with Crippen molar-refractivity contribution in [3.05, 3.63) is 100 Å². The van der Waals surface area contributed by atoms with Crippen molar-refractivity contribution in [3.8, 4) is 11.3 Å². The van der Waals surface area contributed by atoms with E-state index < -0.39 is 0 Å². The number of nitrogens with zero attached hydrogens (tertiary/aromatic N) is 2. The maximum Gasteiger partial charge on any atom is 0.170 e. The fourth-order valence-electron chi connectivity index (χ4n) is 3.93. The Hall–Kier alpha value is -2.90. The number of nitrogens with one attached hydrogen (secondary N) is 1. The minimum atomic E-state index is -0.162. The van der Waals surface area contributed by atoms with E-state index in [9.17, 15) is 0 Å². The minimum absolute atomic E-state index is 0.135. The summed E-state index contributed by atoms with van der Waals surface area (Å²) in [5.41, 5.74) is 3.11. The average molecular weight is 494 g/mol. The molecule has 1 aromatic carbocycles. The highest BCUT2D eigenvalue weighted by atomic mass is 79.9. The summed E-state index contributed by atoms with van der Waals surface area (Å²) >= 11 is 9.36. The smallest absolute Gasteiger partial charge is 0.170 e. The molecule has 1 aliphatic heterocycles. The van der Waals surface area contributed by atoms with Gasteiger partial charge in [-0.25, -0.2) is 0 Å². The van der Waals surface area contributed by atoms with Crippen LogP contribution < -0.4 is 5.32 Å². The van der Waals surface area contributed by atoms with E-state index in [0.29, 0.717) is 11.7 Å². The van der Waals surface area contributed by atoms with Crippen LogP contribution in [0.25, 0.3) is 11.3 Å². The van der Waals surface area contributed by atoms with Gasteiger partial charge in [-0.3, -0.25) is 4.98 Å². The summed E-state index contributed by atoms with van der Waals surface area (Å²) in [6.45, 7) is 2.61. The molecule has 1 saturated heterocycles. The molecular formula is C24H20BrN3O2S. The number of rotatable bonds is 5. The largest absolute Gasteiger partial charge is 0.467 e. The Kier molecular flexibility index (Phi) is 5.38. The first-order valence-electron chi connectivity index (χ1n) is 9.97. The van der Waals surface area contributed by atoms with E-state index >= 15 is 0 Å². The average Bonchev–Trinajstić information content (AvgIpc) is 3.51. The molecule has 7 heteroatoms. The number of thiocarbonyl (C=S) groups is 1. The Morgan fingerprint density at radius 1 is 1.13 bits per heavy atom. The van der Waals surface area contributed by atoms with Crippen LogP contribution in [-0.4, -0.2) is 15.0 Å². The molecule has 0 aliphatic carbocycles. The summed E-state index contributed by atoms with van der Waals surface area (Å²) in [4.78, 5) is 6.67. The van der Waals surface area contributed by atoms with Crippen LogP contribution >= 0.6 is 28.1 Å². The molecule has 5 rings (SSSR count). The highest BCUT2D eigenvalue weighted by Crippen LogP contribution is 2.42. The second-order valence-electron chi connectivity index (χ2n) is 7.52. The molecule has 3 aromatic heterocycles. The number of furan rings is 2. The number of pyridine rings is 1. The van der Waals surface area contributed by atoms with E-state index in [2.05, 4.69) is 56.3 Å². The summed E-state index contributed by atoms with van der Waals surface area (Å²) < 4.78 is 13.0. The van der Waals surface area contributed by atoms with Crippen LogP contribution in [0.4, 0.5) is 0 Å². The molecule has 1 N–H and O–H groups in total. The SMILES string of the molecule is Cc1ccc(-c2ccc([C@@H]3[C@H](c4ccccn4)NC(=S)N3Cc3ccco3)o2)c(Br)c1. The summed E-state index contributed by atoms with van der Waals surface area (Å²) in [6, 6.07) is 19.7. The van der Waals surface area contributed by atoms with Crippen molar-refractivity contribution in [2.45, 2.75) is 25.6 Å². The Labute approximate surface area is 194 Å². The van der Waals surface area contributed by atoms with E-state index in [1.54, 1.807) is 12.5 Å². The first-order valence-corrected chi connectivity index (χ1v) is 11.2. The monoisotopic (exact) mass is 493 g/mol. The Balaban J connectivity index is 1.55. The van der Waals surface area contributed by atoms with Crippen LogP contribution in [0, 0.1) is 6.92 Å². The molecule has 0 radical (unpaired) electrons. The van der Waals surface area contributed by atoms with Gasteiger partial charge in [-0.15, -0.1) is 0 Å². The lowest BCUT2D eigenvalue weighted by Crippen LogP contribution is -2.28. The van der Waals surface area contributed by atoms with Crippen molar-refractivity contribution in [3.63, 3.8) is 0 Å². The molecule has 1 fully saturated rings. The van der Waals surface area contributed by atoms with Gasteiger partial charge in [0, 0.05) is 16.2 Å². The van der Waals surface area contributed by atoms with Gasteiger partial charge < -0.3 is 19.1 Å². The highest BCUT2D eigenvalue weighted by molar-refractivity contribution is 9.10. The molecule has 156 valence electrons. The van der Waals surface area contributed by atoms with Gasteiger partial charge in [0.05, 0.1) is 24.5 Å². The second kappa shape index (κ2) is 8.32. The van der Waals surface area contributed by atoms with Gasteiger partial charge in [0.15, 0.2) is 5.11 Å². The molecule has 2 atom stereocenters. The van der Waals surface area contributed by atoms with E-state index in [1.165, 1.54) is 5.56 Å². The van der Waals surface area contributed by atoms with Gasteiger partial charge in [0.25, 0.3) is 0 Å². The lowest BCUT2D eigenvalue weighted by molar-refractivity contribution is 0.253. The summed E-state index contributed by atoms with van der Waals surface area (Å²) in [5.74, 6) is 2.46. The highest BCUT2D eigenvalue weighted by Gasteiger charge is 2.42. The maximum atomic E-state index is 6.39. The van der Waals surface area contributed by atoms with Crippen LogP contribution in [0.2, 0.25) is 0 Å². The van der Waals surface area contributed by atoms with E-state index in [0.717, 1.165) is 33.0 Å². The number of benzene rings is 1. The van der Waals surface area contributed by atoms with Gasteiger partial charge in [0.2, 0.25) is 0 Å². The topological polar surface area (TPSA) is 54.4 Å². The van der Waals surface area contributed by atoms with Crippen LogP contribution in [0.1, 0.15) is 34.9 Å². The third-order valence-corrected chi connectivity index (χ3v) is 6.42. The van der Waals surface area contributed by atoms with Crippen molar-refractivity contribution in [2.24, 2.45) is 0 Å². The predicted octanol–water partition coefficient (Wildman–Crippen LogP) is 6.18. The van der Waals surface area contributed by atoms with Crippen molar-refractivity contribution < 1.29 is 8.83 Å². The zero-order chi connectivity index (χ0) is 21.4. The quantitative estimate of drug-likeness (QED) is 0.335. The molecule has 4 heterocycles. The summed E-state index contributed by atoms with van der Waals surface area (Å²) in [7, 11) is 0. The molecule has 4 aromatic rings. The molecular weight excluding hydrogens is 474 g/mol.